The molecule has 0 radical (unpaired) electrons. The number of nitrogens with one attached hydrogen (secondary N) is 1. The van der Waals surface area contributed by atoms with Gasteiger partial charge >= 0.3 is 0 Å². The highest BCUT2D eigenvalue weighted by atomic mass is 19.1. The van der Waals surface area contributed by atoms with Crippen LogP contribution < -0.4 is 5.32 Å². The molecule has 3 unspecified atom stereocenters. The standard InChI is InChI=1S/C17H25F2N/c1-3-9-20-17(13-8-7-12(2)10-13)11-14-15(18)5-4-6-16(14)19/h4-6,12-13,17,20H,3,7-11H2,1-2H3. The van der Waals surface area contributed by atoms with E-state index in [-0.39, 0.29) is 11.6 Å². The number of hydrogen-bond donors (Lipinski definition) is 1. The van der Waals surface area contributed by atoms with Gasteiger partial charge in [-0.05, 0) is 56.2 Å². The van der Waals surface area contributed by atoms with E-state index in [9.17, 15) is 8.78 Å². The molecule has 1 aliphatic carbocycles. The summed E-state index contributed by atoms with van der Waals surface area (Å²) < 4.78 is 27.7. The van der Waals surface area contributed by atoms with E-state index in [1.807, 2.05) is 0 Å². The first-order chi connectivity index (χ1) is 9.61. The number of rotatable bonds is 6. The highest BCUT2D eigenvalue weighted by Gasteiger charge is 2.29. The predicted molar refractivity (Wildman–Crippen MR) is 78.6 cm³/mol. The van der Waals surface area contributed by atoms with Gasteiger partial charge in [-0.3, -0.25) is 0 Å². The van der Waals surface area contributed by atoms with Crippen LogP contribution in [0.15, 0.2) is 18.2 Å². The quantitative estimate of drug-likeness (QED) is 0.819. The van der Waals surface area contributed by atoms with Crippen LogP contribution >= 0.6 is 0 Å². The third-order valence-corrected chi connectivity index (χ3v) is 4.45. The smallest absolute Gasteiger partial charge is 0.129 e. The molecular weight excluding hydrogens is 256 g/mol. The molecule has 0 saturated heterocycles. The van der Waals surface area contributed by atoms with Crippen molar-refractivity contribution < 1.29 is 8.78 Å². The summed E-state index contributed by atoms with van der Waals surface area (Å²) in [6.07, 6.45) is 5.05. The highest BCUT2D eigenvalue weighted by molar-refractivity contribution is 5.21. The average Bonchev–Trinajstić information content (AvgIpc) is 2.84. The van der Waals surface area contributed by atoms with E-state index in [0.29, 0.717) is 12.3 Å². The van der Waals surface area contributed by atoms with Crippen LogP contribution in [0.5, 0.6) is 0 Å². The van der Waals surface area contributed by atoms with Gasteiger partial charge in [-0.15, -0.1) is 0 Å². The summed E-state index contributed by atoms with van der Waals surface area (Å²) in [5.74, 6) is 0.436. The Morgan fingerprint density at radius 3 is 2.50 bits per heavy atom. The summed E-state index contributed by atoms with van der Waals surface area (Å²) in [5, 5.41) is 3.50. The second-order valence-corrected chi connectivity index (χ2v) is 6.14. The second kappa shape index (κ2) is 7.16. The molecule has 1 aromatic carbocycles. The van der Waals surface area contributed by atoms with Gasteiger partial charge in [0.1, 0.15) is 11.6 Å². The zero-order valence-corrected chi connectivity index (χ0v) is 12.5. The van der Waals surface area contributed by atoms with Gasteiger partial charge in [0.15, 0.2) is 0 Å². The molecule has 0 aromatic heterocycles. The highest BCUT2D eigenvalue weighted by Crippen LogP contribution is 2.34. The first-order valence-electron chi connectivity index (χ1n) is 7.78. The molecule has 0 bridgehead atoms. The summed E-state index contributed by atoms with van der Waals surface area (Å²) in [7, 11) is 0. The lowest BCUT2D eigenvalue weighted by atomic mass is 9.91. The molecule has 1 N–H and O–H groups in total. The fourth-order valence-electron chi connectivity index (χ4n) is 3.30. The Morgan fingerprint density at radius 1 is 1.25 bits per heavy atom. The Morgan fingerprint density at radius 2 is 1.95 bits per heavy atom. The van der Waals surface area contributed by atoms with Gasteiger partial charge in [-0.25, -0.2) is 8.78 Å². The Labute approximate surface area is 120 Å². The predicted octanol–water partition coefficient (Wildman–Crippen LogP) is 4.31. The molecule has 1 saturated carbocycles. The molecule has 112 valence electrons. The van der Waals surface area contributed by atoms with E-state index in [0.717, 1.165) is 25.3 Å². The van der Waals surface area contributed by atoms with Gasteiger partial charge in [-0.2, -0.15) is 0 Å². The SMILES string of the molecule is CCCNC(Cc1c(F)cccc1F)C1CCC(C)C1. The van der Waals surface area contributed by atoms with Crippen molar-refractivity contribution in [3.8, 4) is 0 Å². The number of halogens is 2. The van der Waals surface area contributed by atoms with E-state index in [2.05, 4.69) is 19.2 Å². The largest absolute Gasteiger partial charge is 0.313 e. The minimum Gasteiger partial charge on any atom is -0.313 e. The van der Waals surface area contributed by atoms with Crippen molar-refractivity contribution in [2.24, 2.45) is 11.8 Å². The third-order valence-electron chi connectivity index (χ3n) is 4.45. The molecule has 1 aromatic rings. The van der Waals surface area contributed by atoms with Crippen molar-refractivity contribution in [1.82, 2.24) is 5.32 Å². The molecule has 0 amide bonds. The minimum absolute atomic E-state index is 0.186. The molecule has 1 nitrogen and oxygen atoms in total. The zero-order valence-electron chi connectivity index (χ0n) is 12.5. The minimum atomic E-state index is -0.417. The van der Waals surface area contributed by atoms with Crippen LogP contribution in [-0.4, -0.2) is 12.6 Å². The van der Waals surface area contributed by atoms with E-state index >= 15 is 0 Å². The van der Waals surface area contributed by atoms with Gasteiger partial charge in [0.05, 0.1) is 0 Å². The molecule has 3 heteroatoms. The monoisotopic (exact) mass is 281 g/mol. The van der Waals surface area contributed by atoms with Crippen molar-refractivity contribution in [2.45, 2.75) is 52.0 Å². The first kappa shape index (κ1) is 15.4. The Hall–Kier alpha value is -0.960. The topological polar surface area (TPSA) is 12.0 Å². The van der Waals surface area contributed by atoms with E-state index in [4.69, 9.17) is 0 Å². The van der Waals surface area contributed by atoms with Crippen molar-refractivity contribution in [3.05, 3.63) is 35.4 Å². The Kier molecular flexibility index (Phi) is 5.53. The molecule has 1 fully saturated rings. The second-order valence-electron chi connectivity index (χ2n) is 6.14. The van der Waals surface area contributed by atoms with Crippen molar-refractivity contribution >= 4 is 0 Å². The Bertz CT molecular complexity index is 413. The fraction of sp³-hybridized carbons (Fsp3) is 0.647. The van der Waals surface area contributed by atoms with Crippen LogP contribution in [0, 0.1) is 23.5 Å². The fourth-order valence-corrected chi connectivity index (χ4v) is 3.30. The van der Waals surface area contributed by atoms with E-state index < -0.39 is 11.6 Å². The average molecular weight is 281 g/mol. The van der Waals surface area contributed by atoms with Gasteiger partial charge < -0.3 is 5.32 Å². The molecule has 0 spiro atoms. The molecule has 2 rings (SSSR count). The van der Waals surface area contributed by atoms with Crippen LogP contribution in [0.1, 0.15) is 45.1 Å². The lowest BCUT2D eigenvalue weighted by Crippen LogP contribution is -2.38. The lowest BCUT2D eigenvalue weighted by molar-refractivity contribution is 0.341. The van der Waals surface area contributed by atoms with Gasteiger partial charge in [-0.1, -0.05) is 26.3 Å². The van der Waals surface area contributed by atoms with Crippen molar-refractivity contribution in [1.29, 1.82) is 0 Å². The van der Waals surface area contributed by atoms with Gasteiger partial charge in [0.2, 0.25) is 0 Å². The van der Waals surface area contributed by atoms with E-state index in [1.165, 1.54) is 31.0 Å². The zero-order chi connectivity index (χ0) is 14.5. The maximum Gasteiger partial charge on any atom is 0.129 e. The van der Waals surface area contributed by atoms with Crippen LogP contribution in [0.4, 0.5) is 8.78 Å². The van der Waals surface area contributed by atoms with Crippen molar-refractivity contribution in [2.75, 3.05) is 6.54 Å². The summed E-state index contributed by atoms with van der Waals surface area (Å²) >= 11 is 0. The summed E-state index contributed by atoms with van der Waals surface area (Å²) in [5.41, 5.74) is 0.237. The molecular formula is C17H25F2N. The van der Waals surface area contributed by atoms with Crippen LogP contribution in [0.3, 0.4) is 0 Å². The van der Waals surface area contributed by atoms with Gasteiger partial charge in [0, 0.05) is 11.6 Å². The summed E-state index contributed by atoms with van der Waals surface area (Å²) in [4.78, 5) is 0. The van der Waals surface area contributed by atoms with Gasteiger partial charge in [0.25, 0.3) is 0 Å². The van der Waals surface area contributed by atoms with Crippen LogP contribution in [-0.2, 0) is 6.42 Å². The summed E-state index contributed by atoms with van der Waals surface area (Å²) in [6, 6.07) is 4.32. The van der Waals surface area contributed by atoms with Crippen LogP contribution in [0.2, 0.25) is 0 Å². The number of benzene rings is 1. The maximum absolute atomic E-state index is 13.8. The molecule has 20 heavy (non-hydrogen) atoms. The molecule has 0 heterocycles. The normalized spacial score (nSPS) is 24.0. The number of hydrogen-bond acceptors (Lipinski definition) is 1. The van der Waals surface area contributed by atoms with Crippen LogP contribution in [0.25, 0.3) is 0 Å². The maximum atomic E-state index is 13.8. The van der Waals surface area contributed by atoms with E-state index in [1.54, 1.807) is 0 Å². The third kappa shape index (κ3) is 3.78. The Balaban J connectivity index is 2.10. The molecule has 3 atom stereocenters. The molecule has 0 aliphatic heterocycles. The lowest BCUT2D eigenvalue weighted by Gasteiger charge is -2.25. The first-order valence-corrected chi connectivity index (χ1v) is 7.78. The van der Waals surface area contributed by atoms with Crippen molar-refractivity contribution in [3.63, 3.8) is 0 Å². The molecule has 1 aliphatic rings. The summed E-state index contributed by atoms with van der Waals surface area (Å²) in [6.45, 7) is 5.29.